The molecule has 0 aliphatic heterocycles. The molecule has 60 heavy (non-hydrogen) atoms. The molecule has 5 nitrogen and oxygen atoms in total. The second-order valence-electron chi connectivity index (χ2n) is 15.2. The second kappa shape index (κ2) is 13.8. The molecule has 9 aromatic carbocycles. The van der Waals surface area contributed by atoms with E-state index in [-0.39, 0.29) is 0 Å². The zero-order chi connectivity index (χ0) is 39.6. The van der Waals surface area contributed by atoms with Crippen LogP contribution in [0.2, 0.25) is 0 Å². The highest BCUT2D eigenvalue weighted by molar-refractivity contribution is 6.22. The van der Waals surface area contributed by atoms with Gasteiger partial charge in [-0.25, -0.2) is 15.0 Å². The molecule has 0 unspecified atom stereocenters. The lowest BCUT2D eigenvalue weighted by atomic mass is 10.0. The van der Waals surface area contributed by atoms with Crippen LogP contribution in [0.15, 0.2) is 211 Å². The van der Waals surface area contributed by atoms with Crippen LogP contribution in [-0.2, 0) is 0 Å². The van der Waals surface area contributed by atoms with Crippen LogP contribution in [0.3, 0.4) is 0 Å². The Morgan fingerprint density at radius 3 is 1.60 bits per heavy atom. The van der Waals surface area contributed by atoms with Gasteiger partial charge in [-0.3, -0.25) is 0 Å². The van der Waals surface area contributed by atoms with E-state index in [4.69, 9.17) is 19.4 Å². The van der Waals surface area contributed by atoms with Gasteiger partial charge in [0, 0.05) is 44.3 Å². The second-order valence-corrected chi connectivity index (χ2v) is 15.2. The summed E-state index contributed by atoms with van der Waals surface area (Å²) in [6.07, 6.45) is 0. The molecular weight excluding hydrogens is 733 g/mol. The molecule has 0 aliphatic rings. The fraction of sp³-hybridized carbons (Fsp3) is 0. The molecule has 12 aromatic rings. The predicted molar refractivity (Wildman–Crippen MR) is 246 cm³/mol. The highest BCUT2D eigenvalue weighted by Gasteiger charge is 2.22. The normalized spacial score (nSPS) is 11.7. The fourth-order valence-corrected chi connectivity index (χ4v) is 8.81. The van der Waals surface area contributed by atoms with Gasteiger partial charge in [0.2, 0.25) is 0 Å². The lowest BCUT2D eigenvalue weighted by Gasteiger charge is -2.13. The Kier molecular flexibility index (Phi) is 7.78. The van der Waals surface area contributed by atoms with E-state index in [0.717, 1.165) is 66.5 Å². The van der Waals surface area contributed by atoms with Gasteiger partial charge in [-0.05, 0) is 63.4 Å². The molecule has 5 heteroatoms. The number of fused-ring (bicyclic) bond motifs is 8. The van der Waals surface area contributed by atoms with Crippen LogP contribution in [0.5, 0.6) is 0 Å². The van der Waals surface area contributed by atoms with Crippen molar-refractivity contribution in [2.24, 2.45) is 0 Å². The van der Waals surface area contributed by atoms with Gasteiger partial charge < -0.3 is 8.98 Å². The van der Waals surface area contributed by atoms with Gasteiger partial charge in [0.05, 0.1) is 16.7 Å². The molecule has 0 aliphatic carbocycles. The molecule has 0 saturated heterocycles. The van der Waals surface area contributed by atoms with Crippen molar-refractivity contribution in [3.8, 4) is 62.1 Å². The highest BCUT2D eigenvalue weighted by atomic mass is 16.3. The van der Waals surface area contributed by atoms with Crippen molar-refractivity contribution in [3.63, 3.8) is 0 Å². The summed E-state index contributed by atoms with van der Waals surface area (Å²) in [5.74, 6) is 1.77. The number of aromatic nitrogens is 4. The summed E-state index contributed by atoms with van der Waals surface area (Å²) < 4.78 is 9.09. The Morgan fingerprint density at radius 1 is 0.333 bits per heavy atom. The Labute approximate surface area is 345 Å². The van der Waals surface area contributed by atoms with Crippen LogP contribution in [0.1, 0.15) is 0 Å². The smallest absolute Gasteiger partial charge is 0.164 e. The summed E-state index contributed by atoms with van der Waals surface area (Å²) in [5.41, 5.74) is 12.1. The van der Waals surface area contributed by atoms with E-state index in [0.29, 0.717) is 17.5 Å². The first kappa shape index (κ1) is 33.9. The summed E-state index contributed by atoms with van der Waals surface area (Å²) in [6.45, 7) is 0. The molecular formula is C55H34N4O. The quantitative estimate of drug-likeness (QED) is 0.169. The van der Waals surface area contributed by atoms with Crippen molar-refractivity contribution in [2.45, 2.75) is 0 Å². The van der Waals surface area contributed by atoms with Crippen LogP contribution in [0, 0.1) is 0 Å². The van der Waals surface area contributed by atoms with E-state index in [1.807, 2.05) is 48.5 Å². The molecule has 3 heterocycles. The molecule has 0 bridgehead atoms. The lowest BCUT2D eigenvalue weighted by molar-refractivity contribution is 0.668. The molecule has 0 spiro atoms. The van der Waals surface area contributed by atoms with E-state index >= 15 is 0 Å². The van der Waals surface area contributed by atoms with Gasteiger partial charge in [-0.1, -0.05) is 170 Å². The van der Waals surface area contributed by atoms with Crippen molar-refractivity contribution in [1.29, 1.82) is 0 Å². The van der Waals surface area contributed by atoms with Crippen molar-refractivity contribution >= 4 is 54.5 Å². The fourth-order valence-electron chi connectivity index (χ4n) is 8.81. The topological polar surface area (TPSA) is 56.7 Å². The van der Waals surface area contributed by atoms with Gasteiger partial charge in [-0.15, -0.1) is 0 Å². The summed E-state index contributed by atoms with van der Waals surface area (Å²) in [4.78, 5) is 15.7. The third-order valence-corrected chi connectivity index (χ3v) is 11.6. The minimum absolute atomic E-state index is 0.571. The molecule has 12 rings (SSSR count). The summed E-state index contributed by atoms with van der Waals surface area (Å²) in [7, 11) is 0. The van der Waals surface area contributed by atoms with Gasteiger partial charge in [0.15, 0.2) is 17.5 Å². The average molecular weight is 767 g/mol. The number of furan rings is 1. The van der Waals surface area contributed by atoms with Crippen LogP contribution in [0.4, 0.5) is 0 Å². The maximum Gasteiger partial charge on any atom is 0.164 e. The highest BCUT2D eigenvalue weighted by Crippen LogP contribution is 2.43. The average Bonchev–Trinajstić information content (AvgIpc) is 3.88. The number of hydrogen-bond donors (Lipinski definition) is 0. The monoisotopic (exact) mass is 766 g/mol. The van der Waals surface area contributed by atoms with E-state index in [1.165, 1.54) is 32.7 Å². The van der Waals surface area contributed by atoms with Crippen LogP contribution >= 0.6 is 0 Å². The molecule has 0 fully saturated rings. The van der Waals surface area contributed by atoms with Crippen molar-refractivity contribution < 1.29 is 4.42 Å². The molecule has 0 saturated carbocycles. The first-order valence-electron chi connectivity index (χ1n) is 20.2. The number of benzene rings is 9. The molecule has 0 radical (unpaired) electrons. The van der Waals surface area contributed by atoms with E-state index in [1.54, 1.807) is 0 Å². The number of para-hydroxylation sites is 1. The van der Waals surface area contributed by atoms with Gasteiger partial charge in [0.1, 0.15) is 11.2 Å². The Balaban J connectivity index is 1.13. The number of nitrogens with zero attached hydrogens (tertiary/aromatic N) is 4. The molecule has 3 aromatic heterocycles. The van der Waals surface area contributed by atoms with Crippen molar-refractivity contribution in [1.82, 2.24) is 19.5 Å². The van der Waals surface area contributed by atoms with Crippen LogP contribution in [-0.4, -0.2) is 19.5 Å². The summed E-state index contributed by atoms with van der Waals surface area (Å²) >= 11 is 0. The number of rotatable bonds is 6. The zero-order valence-electron chi connectivity index (χ0n) is 32.3. The third kappa shape index (κ3) is 5.59. The number of hydrogen-bond acceptors (Lipinski definition) is 4. The van der Waals surface area contributed by atoms with Crippen molar-refractivity contribution in [3.05, 3.63) is 206 Å². The van der Waals surface area contributed by atoms with Gasteiger partial charge in [-0.2, -0.15) is 0 Å². The Bertz CT molecular complexity index is 3570. The summed E-state index contributed by atoms with van der Waals surface area (Å²) in [5, 5.41) is 6.77. The molecule has 0 atom stereocenters. The molecule has 280 valence electrons. The van der Waals surface area contributed by atoms with Crippen LogP contribution in [0.25, 0.3) is 117 Å². The lowest BCUT2D eigenvalue weighted by Crippen LogP contribution is -2.01. The predicted octanol–water partition coefficient (Wildman–Crippen LogP) is 14.4. The van der Waals surface area contributed by atoms with Crippen LogP contribution < -0.4 is 0 Å². The minimum atomic E-state index is 0.571. The summed E-state index contributed by atoms with van der Waals surface area (Å²) in [6, 6.07) is 72.2. The zero-order valence-corrected chi connectivity index (χ0v) is 32.3. The SMILES string of the molecule is c1ccc(-c2ccc(-c3nc(-c4ccccc4)nc(-c4cc(-n5c6ccc(-c7ccccc7)cc6c6c7ccccc7ccc65)cc5oc6ccccc6c45)n3)cc2)cc1. The van der Waals surface area contributed by atoms with E-state index in [2.05, 4.69) is 162 Å². The third-order valence-electron chi connectivity index (χ3n) is 11.6. The van der Waals surface area contributed by atoms with E-state index < -0.39 is 0 Å². The Hall–Kier alpha value is -8.15. The van der Waals surface area contributed by atoms with Gasteiger partial charge >= 0.3 is 0 Å². The van der Waals surface area contributed by atoms with Gasteiger partial charge in [0.25, 0.3) is 0 Å². The van der Waals surface area contributed by atoms with E-state index in [9.17, 15) is 0 Å². The standard InChI is InChI=1S/C55H34N4O/c1-4-14-35(15-5-1)37-24-26-40(27-25-37)54-56-53(39-19-8-3-9-20-39)57-55(58-54)46-33-42(34-50-52(46)44-22-12-13-23-49(44)60-50)59-47-30-29-41(36-16-6-2-7-17-36)32-45(47)51-43-21-11-10-18-38(43)28-31-48(51)59/h1-34H. The Morgan fingerprint density at radius 2 is 0.867 bits per heavy atom. The molecule has 0 amide bonds. The first-order valence-corrected chi connectivity index (χ1v) is 20.2. The minimum Gasteiger partial charge on any atom is -0.456 e. The molecule has 0 N–H and O–H groups in total. The largest absolute Gasteiger partial charge is 0.456 e. The van der Waals surface area contributed by atoms with Crippen molar-refractivity contribution in [2.75, 3.05) is 0 Å². The maximum absolute atomic E-state index is 6.73. The first-order chi connectivity index (χ1) is 29.7. The maximum atomic E-state index is 6.73.